The quantitative estimate of drug-likeness (QED) is 0.520. The molecule has 2 aliphatic heterocycles. The third-order valence-corrected chi connectivity index (χ3v) is 6.55. The molecule has 4 N–H and O–H groups in total. The fourth-order valence-corrected chi connectivity index (χ4v) is 5.30. The Balaban J connectivity index is 0.000000858. The molecule has 0 unspecified atom stereocenters. The Bertz CT molecular complexity index is 907. The minimum absolute atomic E-state index is 0.0789. The Morgan fingerprint density at radius 3 is 2.71 bits per heavy atom. The van der Waals surface area contributed by atoms with Crippen LogP contribution in [0.5, 0.6) is 0 Å². The topological polar surface area (TPSA) is 151 Å². The number of aryl methyl sites for hydroxylation is 1. The summed E-state index contributed by atoms with van der Waals surface area (Å²) >= 11 is 1.53. The van der Waals surface area contributed by atoms with Gasteiger partial charge in [0.15, 0.2) is 0 Å². The maximum atomic E-state index is 13.2. The number of nitrogens with two attached hydrogens (primary N) is 1. The predicted octanol–water partition coefficient (Wildman–Crippen LogP) is 0.510. The normalized spacial score (nSPS) is 24.3. The van der Waals surface area contributed by atoms with Crippen molar-refractivity contribution < 1.29 is 19.5 Å². The smallest absolute Gasteiger partial charge is 0.290 e. The van der Waals surface area contributed by atoms with E-state index in [4.69, 9.17) is 15.6 Å². The van der Waals surface area contributed by atoms with Crippen LogP contribution in [0.15, 0.2) is 23.3 Å². The van der Waals surface area contributed by atoms with Gasteiger partial charge in [0.05, 0.1) is 34.6 Å². The van der Waals surface area contributed by atoms with Crippen LogP contribution >= 0.6 is 11.3 Å². The van der Waals surface area contributed by atoms with E-state index in [1.54, 1.807) is 11.7 Å². The van der Waals surface area contributed by atoms with Gasteiger partial charge in [0.25, 0.3) is 6.47 Å². The van der Waals surface area contributed by atoms with Gasteiger partial charge in [0.2, 0.25) is 11.8 Å². The van der Waals surface area contributed by atoms with Crippen molar-refractivity contribution in [2.24, 2.45) is 11.1 Å². The van der Waals surface area contributed by atoms with Crippen LogP contribution < -0.4 is 11.1 Å². The zero-order chi connectivity index (χ0) is 22.4. The van der Waals surface area contributed by atoms with Crippen molar-refractivity contribution in [2.45, 2.75) is 51.2 Å². The minimum Gasteiger partial charge on any atom is -0.483 e. The van der Waals surface area contributed by atoms with Crippen LogP contribution in [0.2, 0.25) is 0 Å². The average molecular weight is 447 g/mol. The summed E-state index contributed by atoms with van der Waals surface area (Å²) in [7, 11) is 0. The molecule has 4 heterocycles. The monoisotopic (exact) mass is 446 g/mol. The number of fused-ring (bicyclic) bond motifs is 2. The van der Waals surface area contributed by atoms with Crippen LogP contribution in [0.3, 0.4) is 0 Å². The molecule has 2 aromatic rings. The van der Waals surface area contributed by atoms with E-state index in [1.807, 2.05) is 18.5 Å². The van der Waals surface area contributed by atoms with Gasteiger partial charge in [-0.2, -0.15) is 0 Å². The van der Waals surface area contributed by atoms with E-state index in [-0.39, 0.29) is 25.0 Å². The second kappa shape index (κ2) is 9.92. The molecular weight excluding hydrogens is 420 g/mol. The number of thiazole rings is 1. The van der Waals surface area contributed by atoms with Crippen molar-refractivity contribution in [3.05, 3.63) is 40.4 Å². The second-order valence-electron chi connectivity index (χ2n) is 7.84. The molecule has 0 radical (unpaired) electrons. The Morgan fingerprint density at radius 2 is 2.10 bits per heavy atom. The fraction of sp³-hybridized carbons (Fsp3) is 0.500. The Hall–Kier alpha value is -2.92. The van der Waals surface area contributed by atoms with Crippen LogP contribution in [0, 0.1) is 12.3 Å². The van der Waals surface area contributed by atoms with E-state index in [2.05, 4.69) is 25.2 Å². The van der Waals surface area contributed by atoms with Crippen LogP contribution in [-0.2, 0) is 27.3 Å². The van der Waals surface area contributed by atoms with E-state index in [0.717, 1.165) is 36.3 Å². The maximum Gasteiger partial charge on any atom is 0.290 e. The molecule has 2 amide bonds. The van der Waals surface area contributed by atoms with Crippen LogP contribution in [0.4, 0.5) is 0 Å². The molecule has 0 spiro atoms. The molecule has 10 nitrogen and oxygen atoms in total. The maximum absolute atomic E-state index is 13.2. The fourth-order valence-electron chi connectivity index (χ4n) is 4.74. The van der Waals surface area contributed by atoms with Gasteiger partial charge in [0, 0.05) is 42.8 Å². The Labute approximate surface area is 183 Å². The lowest BCUT2D eigenvalue weighted by molar-refractivity contribution is -0.134. The van der Waals surface area contributed by atoms with E-state index >= 15 is 0 Å². The molecule has 2 fully saturated rings. The SMILES string of the molecule is Cc1cnc(CN2[C@@H]3CC[C@H]2[C@@](Cc2cscn2)(C(=O)NCC(N)=O)C3)cn1.O=CO. The lowest BCUT2D eigenvalue weighted by Crippen LogP contribution is -2.51. The summed E-state index contributed by atoms with van der Waals surface area (Å²) in [5, 5.41) is 11.6. The summed E-state index contributed by atoms with van der Waals surface area (Å²) in [6.07, 6.45) is 6.90. The van der Waals surface area contributed by atoms with Gasteiger partial charge in [-0.15, -0.1) is 11.3 Å². The van der Waals surface area contributed by atoms with Gasteiger partial charge in [-0.3, -0.25) is 29.3 Å². The first-order valence-electron chi connectivity index (χ1n) is 9.94. The summed E-state index contributed by atoms with van der Waals surface area (Å²) in [5.74, 6) is -0.640. The van der Waals surface area contributed by atoms with E-state index in [9.17, 15) is 9.59 Å². The number of primary amides is 1. The largest absolute Gasteiger partial charge is 0.483 e. The number of hydrogen-bond acceptors (Lipinski definition) is 8. The first-order chi connectivity index (χ1) is 14.9. The Kier molecular flexibility index (Phi) is 7.29. The van der Waals surface area contributed by atoms with Gasteiger partial charge in [-0.1, -0.05) is 0 Å². The van der Waals surface area contributed by atoms with E-state index in [1.165, 1.54) is 11.3 Å². The average Bonchev–Trinajstić information content (AvgIpc) is 3.45. The number of carbonyl (C=O) groups excluding carboxylic acids is 2. The van der Waals surface area contributed by atoms with Crippen LogP contribution in [0.25, 0.3) is 0 Å². The molecule has 11 heteroatoms. The molecule has 2 aromatic heterocycles. The highest BCUT2D eigenvalue weighted by molar-refractivity contribution is 7.07. The highest BCUT2D eigenvalue weighted by Gasteiger charge is 2.59. The van der Waals surface area contributed by atoms with Gasteiger partial charge in [-0.25, -0.2) is 4.98 Å². The molecule has 2 aliphatic rings. The van der Waals surface area contributed by atoms with Crippen LogP contribution in [-0.4, -0.2) is 61.9 Å². The summed E-state index contributed by atoms with van der Waals surface area (Å²) in [5.41, 5.74) is 9.14. The summed E-state index contributed by atoms with van der Waals surface area (Å²) in [4.78, 5) is 48.4. The summed E-state index contributed by atoms with van der Waals surface area (Å²) in [6.45, 7) is 2.20. The number of rotatable bonds is 7. The van der Waals surface area contributed by atoms with E-state index in [0.29, 0.717) is 19.0 Å². The molecule has 2 bridgehead atoms. The van der Waals surface area contributed by atoms with Crippen molar-refractivity contribution in [3.8, 4) is 0 Å². The molecule has 31 heavy (non-hydrogen) atoms. The third-order valence-electron chi connectivity index (χ3n) is 5.91. The van der Waals surface area contributed by atoms with Crippen molar-refractivity contribution in [1.29, 1.82) is 0 Å². The lowest BCUT2D eigenvalue weighted by atomic mass is 9.70. The third kappa shape index (κ3) is 5.05. The van der Waals surface area contributed by atoms with Gasteiger partial charge in [-0.05, 0) is 26.2 Å². The second-order valence-corrected chi connectivity index (χ2v) is 8.56. The zero-order valence-corrected chi connectivity index (χ0v) is 18.0. The number of nitrogens with zero attached hydrogens (tertiary/aromatic N) is 4. The van der Waals surface area contributed by atoms with Gasteiger partial charge < -0.3 is 16.2 Å². The summed E-state index contributed by atoms with van der Waals surface area (Å²) < 4.78 is 0. The molecule has 0 aliphatic carbocycles. The highest BCUT2D eigenvalue weighted by atomic mass is 32.1. The molecule has 2 saturated heterocycles. The number of aromatic nitrogens is 3. The minimum atomic E-state index is -0.607. The van der Waals surface area contributed by atoms with E-state index < -0.39 is 11.3 Å². The van der Waals surface area contributed by atoms with Gasteiger partial charge in [0.1, 0.15) is 0 Å². The standard InChI is InChI=1S/C19H24N6O2S.CH2O2/c1-12-6-22-14(7-21-12)9-25-15-2-3-16(25)19(5-15,4-13-10-28-11-24-13)18(27)23-8-17(20)26;2-1-3/h6-7,10-11,15-16H,2-5,8-9H2,1H3,(H2,20,26)(H,23,27);1H,(H,2,3)/t15-,16+,19+;/m1./s1. The number of amides is 2. The summed E-state index contributed by atoms with van der Waals surface area (Å²) in [6, 6.07) is 0.390. The highest BCUT2D eigenvalue weighted by Crippen LogP contribution is 2.52. The molecular formula is C20H26N6O4S. The molecule has 4 rings (SSSR count). The molecule has 3 atom stereocenters. The van der Waals surface area contributed by atoms with Crippen molar-refractivity contribution in [2.75, 3.05) is 6.54 Å². The molecule has 0 aromatic carbocycles. The molecule has 0 saturated carbocycles. The number of nitrogens with one attached hydrogen (secondary N) is 1. The van der Waals surface area contributed by atoms with Crippen molar-refractivity contribution in [1.82, 2.24) is 25.2 Å². The number of carboxylic acid groups (broad SMARTS) is 1. The first-order valence-corrected chi connectivity index (χ1v) is 10.9. The number of hydrogen-bond donors (Lipinski definition) is 3. The Morgan fingerprint density at radius 1 is 1.32 bits per heavy atom. The predicted molar refractivity (Wildman–Crippen MR) is 113 cm³/mol. The van der Waals surface area contributed by atoms with Crippen LogP contribution in [0.1, 0.15) is 36.3 Å². The lowest BCUT2D eigenvalue weighted by Gasteiger charge is -2.36. The number of carbonyl (C=O) groups is 3. The van der Waals surface area contributed by atoms with Crippen molar-refractivity contribution in [3.63, 3.8) is 0 Å². The van der Waals surface area contributed by atoms with Crippen molar-refractivity contribution >= 4 is 29.6 Å². The zero-order valence-electron chi connectivity index (χ0n) is 17.2. The van der Waals surface area contributed by atoms with Gasteiger partial charge >= 0.3 is 0 Å². The first kappa shape index (κ1) is 22.8. The molecule has 166 valence electrons.